The van der Waals surface area contributed by atoms with E-state index in [1.165, 1.54) is 0 Å². The maximum absolute atomic E-state index is 12.9. The third-order valence-electron chi connectivity index (χ3n) is 5.74. The van der Waals surface area contributed by atoms with Crippen LogP contribution >= 0.6 is 0 Å². The zero-order chi connectivity index (χ0) is 22.2. The number of hydrogen-bond donors (Lipinski definition) is 4. The molecule has 2 amide bonds. The zero-order valence-electron chi connectivity index (χ0n) is 18.5. The standard InChI is InChI=1S/C25H30N4O2/c1-24(2)14-17(15-25(3,4)29-24)26-22(30)23(31)28-21-18-12-8-9-13-19(18)27-20(21)16-10-6-5-7-11-16/h5-13,17,27,29H,14-15H2,1-4H3,(H,26,30)(H,28,31). The van der Waals surface area contributed by atoms with E-state index in [0.717, 1.165) is 35.0 Å². The van der Waals surface area contributed by atoms with Gasteiger partial charge in [0.05, 0.1) is 11.4 Å². The molecule has 0 unspecified atom stereocenters. The van der Waals surface area contributed by atoms with Gasteiger partial charge in [-0.15, -0.1) is 0 Å². The lowest BCUT2D eigenvalue weighted by atomic mass is 9.79. The quantitative estimate of drug-likeness (QED) is 0.481. The average molecular weight is 419 g/mol. The molecule has 1 fully saturated rings. The smallest absolute Gasteiger partial charge is 0.313 e. The zero-order valence-corrected chi connectivity index (χ0v) is 18.5. The van der Waals surface area contributed by atoms with Crippen molar-refractivity contribution in [1.29, 1.82) is 0 Å². The average Bonchev–Trinajstić information content (AvgIpc) is 3.04. The minimum absolute atomic E-state index is 0.0685. The molecular weight excluding hydrogens is 388 g/mol. The van der Waals surface area contributed by atoms with E-state index in [1.54, 1.807) is 0 Å². The fraction of sp³-hybridized carbons (Fsp3) is 0.360. The first-order valence-corrected chi connectivity index (χ1v) is 10.7. The Labute approximate surface area is 182 Å². The summed E-state index contributed by atoms with van der Waals surface area (Å²) in [5, 5.41) is 10.3. The molecule has 0 bridgehead atoms. The van der Waals surface area contributed by atoms with Crippen molar-refractivity contribution < 1.29 is 9.59 Å². The van der Waals surface area contributed by atoms with E-state index in [2.05, 4.69) is 48.6 Å². The lowest BCUT2D eigenvalue weighted by Gasteiger charge is -2.46. The van der Waals surface area contributed by atoms with Gasteiger partial charge < -0.3 is 20.9 Å². The van der Waals surface area contributed by atoms with E-state index in [9.17, 15) is 9.59 Å². The number of hydrogen-bond acceptors (Lipinski definition) is 3. The number of anilines is 1. The van der Waals surface area contributed by atoms with Gasteiger partial charge in [0, 0.05) is 33.6 Å². The van der Waals surface area contributed by atoms with Crippen molar-refractivity contribution in [2.75, 3.05) is 5.32 Å². The normalized spacial score (nSPS) is 17.9. The Kier molecular flexibility index (Phi) is 5.35. The first kappa shape index (κ1) is 21.1. The van der Waals surface area contributed by atoms with Crippen LogP contribution in [0, 0.1) is 0 Å². The minimum Gasteiger partial charge on any atom is -0.353 e. The maximum atomic E-state index is 12.9. The van der Waals surface area contributed by atoms with E-state index in [1.807, 2.05) is 54.6 Å². The summed E-state index contributed by atoms with van der Waals surface area (Å²) in [5.74, 6) is -1.26. The van der Waals surface area contributed by atoms with Gasteiger partial charge in [-0.2, -0.15) is 0 Å². The monoisotopic (exact) mass is 418 g/mol. The maximum Gasteiger partial charge on any atom is 0.313 e. The second-order valence-corrected chi connectivity index (χ2v) is 9.71. The summed E-state index contributed by atoms with van der Waals surface area (Å²) < 4.78 is 0. The number of benzene rings is 2. The largest absolute Gasteiger partial charge is 0.353 e. The van der Waals surface area contributed by atoms with E-state index in [0.29, 0.717) is 5.69 Å². The summed E-state index contributed by atoms with van der Waals surface area (Å²) in [6.45, 7) is 8.47. The topological polar surface area (TPSA) is 86.0 Å². The SMILES string of the molecule is CC1(C)CC(NC(=O)C(=O)Nc2c(-c3ccccc3)[nH]c3ccccc23)CC(C)(C)N1. The van der Waals surface area contributed by atoms with Crippen molar-refractivity contribution in [2.24, 2.45) is 0 Å². The Bertz CT molecular complexity index is 1100. The van der Waals surface area contributed by atoms with Gasteiger partial charge in [0.1, 0.15) is 0 Å². The number of piperidine rings is 1. The van der Waals surface area contributed by atoms with Gasteiger partial charge in [0.2, 0.25) is 0 Å². The molecule has 162 valence electrons. The van der Waals surface area contributed by atoms with Crippen molar-refractivity contribution in [3.63, 3.8) is 0 Å². The summed E-state index contributed by atoms with van der Waals surface area (Å²) in [6, 6.07) is 17.5. The van der Waals surface area contributed by atoms with Gasteiger partial charge in [0.25, 0.3) is 0 Å². The summed E-state index contributed by atoms with van der Waals surface area (Å²) in [6.07, 6.45) is 1.52. The number of fused-ring (bicyclic) bond motifs is 1. The molecule has 31 heavy (non-hydrogen) atoms. The van der Waals surface area contributed by atoms with Gasteiger partial charge in [0.15, 0.2) is 0 Å². The first-order chi connectivity index (χ1) is 14.6. The predicted octanol–water partition coefficient (Wildman–Crippen LogP) is 4.20. The van der Waals surface area contributed by atoms with Crippen LogP contribution in [0.15, 0.2) is 54.6 Å². The fourth-order valence-electron chi connectivity index (χ4n) is 4.94. The minimum atomic E-state index is -0.656. The van der Waals surface area contributed by atoms with Gasteiger partial charge >= 0.3 is 11.8 Å². The number of para-hydroxylation sites is 1. The Morgan fingerprint density at radius 2 is 1.48 bits per heavy atom. The molecule has 4 rings (SSSR count). The second kappa shape index (κ2) is 7.85. The summed E-state index contributed by atoms with van der Waals surface area (Å²) in [4.78, 5) is 29.0. The van der Waals surface area contributed by atoms with Crippen molar-refractivity contribution in [2.45, 2.75) is 57.7 Å². The molecular formula is C25H30N4O2. The second-order valence-electron chi connectivity index (χ2n) is 9.71. The molecule has 1 aromatic heterocycles. The molecule has 4 N–H and O–H groups in total. The van der Waals surface area contributed by atoms with Crippen LogP contribution in [0.2, 0.25) is 0 Å². The van der Waals surface area contributed by atoms with Crippen molar-refractivity contribution >= 4 is 28.4 Å². The predicted molar refractivity (Wildman–Crippen MR) is 125 cm³/mol. The molecule has 0 saturated carbocycles. The van der Waals surface area contributed by atoms with Crippen LogP contribution in [-0.4, -0.2) is 33.9 Å². The number of carbonyl (C=O) groups is 2. The molecule has 1 saturated heterocycles. The number of aromatic amines is 1. The Balaban J connectivity index is 1.57. The number of aromatic nitrogens is 1. The van der Waals surface area contributed by atoms with E-state index in [-0.39, 0.29) is 17.1 Å². The fourth-order valence-corrected chi connectivity index (χ4v) is 4.94. The Hall–Kier alpha value is -3.12. The molecule has 0 aliphatic carbocycles. The third kappa shape index (κ3) is 4.64. The van der Waals surface area contributed by atoms with Crippen molar-refractivity contribution in [3.8, 4) is 11.3 Å². The van der Waals surface area contributed by atoms with Crippen LogP contribution in [-0.2, 0) is 9.59 Å². The van der Waals surface area contributed by atoms with E-state index >= 15 is 0 Å². The van der Waals surface area contributed by atoms with Crippen LogP contribution in [0.5, 0.6) is 0 Å². The molecule has 6 heteroatoms. The van der Waals surface area contributed by atoms with Crippen LogP contribution < -0.4 is 16.0 Å². The summed E-state index contributed by atoms with van der Waals surface area (Å²) in [5.41, 5.74) is 3.01. The van der Waals surface area contributed by atoms with Gasteiger partial charge in [-0.05, 0) is 46.6 Å². The van der Waals surface area contributed by atoms with E-state index < -0.39 is 11.8 Å². The molecule has 1 aliphatic rings. The van der Waals surface area contributed by atoms with Crippen LogP contribution in [0.1, 0.15) is 40.5 Å². The highest BCUT2D eigenvalue weighted by atomic mass is 16.2. The number of rotatable bonds is 3. The molecule has 0 radical (unpaired) electrons. The molecule has 2 aromatic carbocycles. The van der Waals surface area contributed by atoms with Gasteiger partial charge in [-0.1, -0.05) is 48.5 Å². The summed E-state index contributed by atoms with van der Waals surface area (Å²) in [7, 11) is 0. The Morgan fingerprint density at radius 1 is 0.871 bits per heavy atom. The Morgan fingerprint density at radius 3 is 2.16 bits per heavy atom. The number of carbonyl (C=O) groups excluding carboxylic acids is 2. The first-order valence-electron chi connectivity index (χ1n) is 10.7. The lowest BCUT2D eigenvalue weighted by Crippen LogP contribution is -2.62. The van der Waals surface area contributed by atoms with Gasteiger partial charge in [-0.25, -0.2) is 0 Å². The highest BCUT2D eigenvalue weighted by molar-refractivity contribution is 6.40. The van der Waals surface area contributed by atoms with E-state index in [4.69, 9.17) is 0 Å². The molecule has 0 spiro atoms. The number of H-pyrrole nitrogens is 1. The van der Waals surface area contributed by atoms with Crippen molar-refractivity contribution in [1.82, 2.24) is 15.6 Å². The number of nitrogens with one attached hydrogen (secondary N) is 4. The lowest BCUT2D eigenvalue weighted by molar-refractivity contribution is -0.137. The highest BCUT2D eigenvalue weighted by Crippen LogP contribution is 2.35. The third-order valence-corrected chi connectivity index (χ3v) is 5.74. The summed E-state index contributed by atoms with van der Waals surface area (Å²) >= 11 is 0. The van der Waals surface area contributed by atoms with Gasteiger partial charge in [-0.3, -0.25) is 9.59 Å². The van der Waals surface area contributed by atoms with Crippen LogP contribution in [0.4, 0.5) is 5.69 Å². The molecule has 3 aromatic rings. The molecule has 6 nitrogen and oxygen atoms in total. The molecule has 1 aliphatic heterocycles. The van der Waals surface area contributed by atoms with Crippen LogP contribution in [0.25, 0.3) is 22.2 Å². The number of amides is 2. The molecule has 0 atom stereocenters. The van der Waals surface area contributed by atoms with Crippen molar-refractivity contribution in [3.05, 3.63) is 54.6 Å². The van der Waals surface area contributed by atoms with Crippen LogP contribution in [0.3, 0.4) is 0 Å². The molecule has 2 heterocycles. The highest BCUT2D eigenvalue weighted by Gasteiger charge is 2.38.